The van der Waals surface area contributed by atoms with Crippen molar-refractivity contribution in [2.45, 2.75) is 36.4 Å². The number of hydrogen-bond donors (Lipinski definition) is 3. The first kappa shape index (κ1) is 14.4. The van der Waals surface area contributed by atoms with Gasteiger partial charge in [0.2, 0.25) is 0 Å². The van der Waals surface area contributed by atoms with Crippen molar-refractivity contribution in [2.75, 3.05) is 12.4 Å². The van der Waals surface area contributed by atoms with Crippen LogP contribution in [0.15, 0.2) is 23.1 Å². The van der Waals surface area contributed by atoms with Gasteiger partial charge in [-0.3, -0.25) is 0 Å². The van der Waals surface area contributed by atoms with Gasteiger partial charge in [-0.2, -0.15) is 5.26 Å². The summed E-state index contributed by atoms with van der Waals surface area (Å²) in [4.78, 5) is 0.852. The Balaban J connectivity index is 1.96. The van der Waals surface area contributed by atoms with Gasteiger partial charge in [0.25, 0.3) is 0 Å². The number of aliphatic hydroxyl groups is 2. The fourth-order valence-electron chi connectivity index (χ4n) is 1.69. The molecule has 3 N–H and O–H groups in total. The van der Waals surface area contributed by atoms with Gasteiger partial charge in [-0.05, 0) is 30.5 Å². The molecule has 1 aliphatic rings. The molecule has 1 aliphatic carbocycles. The highest BCUT2D eigenvalue weighted by molar-refractivity contribution is 7.99. The lowest BCUT2D eigenvalue weighted by Gasteiger charge is -2.09. The molecule has 0 radical (unpaired) electrons. The molecular weight excluding hydrogens is 260 g/mol. The second-order valence-corrected chi connectivity index (χ2v) is 5.81. The first-order valence-corrected chi connectivity index (χ1v) is 7.39. The largest absolute Gasteiger partial charge is 0.394 e. The lowest BCUT2D eigenvalue weighted by Crippen LogP contribution is -2.15. The number of nitrogens with one attached hydrogen (secondary N) is 1. The maximum atomic E-state index is 9.33. The first-order valence-electron chi connectivity index (χ1n) is 6.41. The molecule has 1 saturated carbocycles. The van der Waals surface area contributed by atoms with Crippen LogP contribution in [-0.4, -0.2) is 34.7 Å². The predicted octanol–water partition coefficient (Wildman–Crippen LogP) is 1.26. The van der Waals surface area contributed by atoms with Gasteiger partial charge >= 0.3 is 0 Å². The summed E-state index contributed by atoms with van der Waals surface area (Å²) in [6.07, 6.45) is 1.75. The molecule has 5 heteroatoms. The van der Waals surface area contributed by atoms with Crippen LogP contribution < -0.4 is 5.32 Å². The smallest absolute Gasteiger partial charge is 0.100 e. The topological polar surface area (TPSA) is 76.3 Å². The number of aliphatic hydroxyl groups excluding tert-OH is 2. The molecule has 0 saturated heterocycles. The molecule has 102 valence electrons. The molecular formula is C14H18N2O2S. The van der Waals surface area contributed by atoms with E-state index < -0.39 is 6.10 Å². The highest BCUT2D eigenvalue weighted by Gasteiger charge is 2.20. The SMILES string of the molecule is N#Cc1cc(CNC2CC2)ccc1SCC(O)CO. The van der Waals surface area contributed by atoms with Crippen molar-refractivity contribution in [1.82, 2.24) is 5.32 Å². The minimum absolute atomic E-state index is 0.252. The van der Waals surface area contributed by atoms with E-state index in [2.05, 4.69) is 11.4 Å². The minimum Gasteiger partial charge on any atom is -0.394 e. The third-order valence-electron chi connectivity index (χ3n) is 2.98. The van der Waals surface area contributed by atoms with Gasteiger partial charge in [0, 0.05) is 23.2 Å². The van der Waals surface area contributed by atoms with Crippen molar-refractivity contribution in [3.63, 3.8) is 0 Å². The molecule has 0 bridgehead atoms. The molecule has 0 heterocycles. The van der Waals surface area contributed by atoms with Crippen LogP contribution in [0.3, 0.4) is 0 Å². The maximum Gasteiger partial charge on any atom is 0.100 e. The summed E-state index contributed by atoms with van der Waals surface area (Å²) in [6, 6.07) is 8.65. The van der Waals surface area contributed by atoms with Gasteiger partial charge in [0.1, 0.15) is 6.07 Å². The molecule has 0 aromatic heterocycles. The molecule has 0 spiro atoms. The van der Waals surface area contributed by atoms with Gasteiger partial charge in [0.15, 0.2) is 0 Å². The zero-order valence-electron chi connectivity index (χ0n) is 10.7. The normalized spacial score (nSPS) is 16.1. The summed E-state index contributed by atoms with van der Waals surface area (Å²) in [5.41, 5.74) is 1.74. The van der Waals surface area contributed by atoms with Gasteiger partial charge in [-0.1, -0.05) is 6.07 Å². The number of rotatable bonds is 7. The van der Waals surface area contributed by atoms with Crippen molar-refractivity contribution in [3.05, 3.63) is 29.3 Å². The number of nitrogens with zero attached hydrogens (tertiary/aromatic N) is 1. The van der Waals surface area contributed by atoms with E-state index in [1.54, 1.807) is 0 Å². The predicted molar refractivity (Wildman–Crippen MR) is 74.8 cm³/mol. The highest BCUT2D eigenvalue weighted by atomic mass is 32.2. The Morgan fingerprint density at radius 3 is 2.89 bits per heavy atom. The van der Waals surface area contributed by atoms with Crippen LogP contribution in [0.5, 0.6) is 0 Å². The number of benzene rings is 1. The van der Waals surface area contributed by atoms with Crippen LogP contribution in [0.4, 0.5) is 0 Å². The second kappa shape index (κ2) is 6.92. The zero-order chi connectivity index (χ0) is 13.7. The van der Waals surface area contributed by atoms with Crippen LogP contribution in [0.1, 0.15) is 24.0 Å². The number of nitriles is 1. The van der Waals surface area contributed by atoms with Crippen LogP contribution in [0.25, 0.3) is 0 Å². The van der Waals surface area contributed by atoms with Crippen LogP contribution in [0, 0.1) is 11.3 Å². The number of hydrogen-bond acceptors (Lipinski definition) is 5. The zero-order valence-corrected chi connectivity index (χ0v) is 11.5. The summed E-state index contributed by atoms with van der Waals surface area (Å²) in [5, 5.41) is 30.7. The lowest BCUT2D eigenvalue weighted by molar-refractivity contribution is 0.113. The van der Waals surface area contributed by atoms with Crippen LogP contribution >= 0.6 is 11.8 Å². The molecule has 2 rings (SSSR count). The summed E-state index contributed by atoms with van der Waals surface area (Å²) >= 11 is 1.40. The lowest BCUT2D eigenvalue weighted by atomic mass is 10.1. The molecule has 4 nitrogen and oxygen atoms in total. The Bertz CT molecular complexity index is 469. The first-order chi connectivity index (χ1) is 9.22. The molecule has 1 aromatic carbocycles. The quantitative estimate of drug-likeness (QED) is 0.655. The van der Waals surface area contributed by atoms with E-state index in [1.165, 1.54) is 24.6 Å². The second-order valence-electron chi connectivity index (χ2n) is 4.74. The molecule has 1 aromatic rings. The van der Waals surface area contributed by atoms with Crippen LogP contribution in [-0.2, 0) is 6.54 Å². The Kier molecular flexibility index (Phi) is 5.23. The monoisotopic (exact) mass is 278 g/mol. The third-order valence-corrected chi connectivity index (χ3v) is 4.20. The molecule has 1 atom stereocenters. The van der Waals surface area contributed by atoms with E-state index in [0.29, 0.717) is 17.4 Å². The third kappa shape index (κ3) is 4.51. The number of thioether (sulfide) groups is 1. The van der Waals surface area contributed by atoms with Gasteiger partial charge in [-0.25, -0.2) is 0 Å². The fourth-order valence-corrected chi connectivity index (χ4v) is 2.59. The summed E-state index contributed by atoms with van der Waals surface area (Å²) in [7, 11) is 0. The Labute approximate surface area is 117 Å². The standard InChI is InChI=1S/C14H18N2O2S/c15-6-11-5-10(7-16-12-2-3-12)1-4-14(11)19-9-13(18)8-17/h1,4-5,12-13,16-18H,2-3,7-9H2. The van der Waals surface area contributed by atoms with E-state index in [0.717, 1.165) is 17.0 Å². The van der Waals surface area contributed by atoms with E-state index in [1.807, 2.05) is 18.2 Å². The molecule has 19 heavy (non-hydrogen) atoms. The fraction of sp³-hybridized carbons (Fsp3) is 0.500. The Morgan fingerprint density at radius 2 is 2.26 bits per heavy atom. The van der Waals surface area contributed by atoms with Crippen molar-refractivity contribution < 1.29 is 10.2 Å². The van der Waals surface area contributed by atoms with Gasteiger partial charge in [0.05, 0.1) is 18.3 Å². The van der Waals surface area contributed by atoms with Crippen molar-refractivity contribution >= 4 is 11.8 Å². The molecule has 1 fully saturated rings. The van der Waals surface area contributed by atoms with Crippen molar-refractivity contribution in [3.8, 4) is 6.07 Å². The van der Waals surface area contributed by atoms with E-state index in [9.17, 15) is 5.11 Å². The van der Waals surface area contributed by atoms with Crippen LogP contribution in [0.2, 0.25) is 0 Å². The Hall–Kier alpha value is -1.06. The average Bonchev–Trinajstić information content (AvgIpc) is 3.26. The van der Waals surface area contributed by atoms with Crippen molar-refractivity contribution in [2.24, 2.45) is 0 Å². The highest BCUT2D eigenvalue weighted by Crippen LogP contribution is 2.25. The van der Waals surface area contributed by atoms with E-state index in [4.69, 9.17) is 10.4 Å². The average molecular weight is 278 g/mol. The summed E-state index contributed by atoms with van der Waals surface area (Å²) in [6.45, 7) is 0.543. The van der Waals surface area contributed by atoms with Gasteiger partial charge in [-0.15, -0.1) is 11.8 Å². The van der Waals surface area contributed by atoms with Crippen molar-refractivity contribution in [1.29, 1.82) is 5.26 Å². The maximum absolute atomic E-state index is 9.33. The van der Waals surface area contributed by atoms with E-state index >= 15 is 0 Å². The Morgan fingerprint density at radius 1 is 1.47 bits per heavy atom. The molecule has 1 unspecified atom stereocenters. The summed E-state index contributed by atoms with van der Waals surface area (Å²) < 4.78 is 0. The van der Waals surface area contributed by atoms with Gasteiger partial charge < -0.3 is 15.5 Å². The molecule has 0 amide bonds. The summed E-state index contributed by atoms with van der Waals surface area (Å²) in [5.74, 6) is 0.394. The minimum atomic E-state index is -0.743. The van der Waals surface area contributed by atoms with E-state index in [-0.39, 0.29) is 6.61 Å². The molecule has 0 aliphatic heterocycles.